The van der Waals surface area contributed by atoms with E-state index < -0.39 is 0 Å². The highest BCUT2D eigenvalue weighted by atomic mass is 16.5. The van der Waals surface area contributed by atoms with Gasteiger partial charge >= 0.3 is 0 Å². The molecule has 12 rings (SSSR count). The molecule has 0 bridgehead atoms. The van der Waals surface area contributed by atoms with Crippen molar-refractivity contribution in [2.24, 2.45) is 0 Å². The first-order valence-corrected chi connectivity index (χ1v) is 19.9. The normalized spacial score (nSPS) is 11.9. The van der Waals surface area contributed by atoms with E-state index in [1.165, 1.54) is 32.7 Å². The van der Waals surface area contributed by atoms with Gasteiger partial charge in [0.05, 0.1) is 0 Å². The van der Waals surface area contributed by atoms with E-state index in [-0.39, 0.29) is 0 Å². The molecule has 0 fully saturated rings. The molecule has 0 radical (unpaired) electrons. The SMILES string of the molecule is c1ccc(-c2ccc(-c3nc(-c4ccc(-c5ccc6c(c5)-c5cccc7cccc(c57)O6)cc4)nc(-c4c5ccccc5cc5c4ccc4ccccc45)n3)cc2)cc1. The van der Waals surface area contributed by atoms with E-state index in [0.717, 1.165) is 72.0 Å². The minimum Gasteiger partial charge on any atom is -0.456 e. The average Bonchev–Trinajstić information content (AvgIpc) is 3.31. The number of benzene rings is 10. The Labute approximate surface area is 340 Å². The summed E-state index contributed by atoms with van der Waals surface area (Å²) in [5.74, 6) is 3.65. The van der Waals surface area contributed by atoms with Crippen LogP contribution in [-0.2, 0) is 0 Å². The molecule has 0 saturated heterocycles. The van der Waals surface area contributed by atoms with Crippen LogP contribution in [0.5, 0.6) is 11.5 Å². The van der Waals surface area contributed by atoms with Gasteiger partial charge in [-0.15, -0.1) is 0 Å². The zero-order valence-corrected chi connectivity index (χ0v) is 31.8. The zero-order chi connectivity index (χ0) is 38.9. The number of hydrogen-bond acceptors (Lipinski definition) is 4. The van der Waals surface area contributed by atoms with E-state index >= 15 is 0 Å². The van der Waals surface area contributed by atoms with Gasteiger partial charge in [-0.05, 0) is 89.8 Å². The number of rotatable bonds is 5. The third kappa shape index (κ3) is 5.57. The summed E-state index contributed by atoms with van der Waals surface area (Å²) in [4.78, 5) is 15.8. The third-order valence-electron chi connectivity index (χ3n) is 11.7. The lowest BCUT2D eigenvalue weighted by atomic mass is 9.92. The van der Waals surface area contributed by atoms with Gasteiger partial charge in [0.25, 0.3) is 0 Å². The van der Waals surface area contributed by atoms with Crippen LogP contribution in [0.15, 0.2) is 200 Å². The highest BCUT2D eigenvalue weighted by molar-refractivity contribution is 6.19. The van der Waals surface area contributed by atoms with Crippen molar-refractivity contribution < 1.29 is 4.74 Å². The molecular weight excluding hydrogens is 719 g/mol. The molecular formula is C55H33N3O. The minimum atomic E-state index is 0.618. The van der Waals surface area contributed by atoms with Crippen LogP contribution in [0.25, 0.3) is 111 Å². The van der Waals surface area contributed by atoms with Crippen molar-refractivity contribution in [1.29, 1.82) is 0 Å². The van der Waals surface area contributed by atoms with Gasteiger partial charge in [-0.1, -0.05) is 176 Å². The molecule has 1 aromatic heterocycles. The summed E-state index contributed by atoms with van der Waals surface area (Å²) in [7, 11) is 0. The molecule has 4 nitrogen and oxygen atoms in total. The molecule has 11 aromatic rings. The fraction of sp³-hybridized carbons (Fsp3) is 0. The molecule has 1 aliphatic heterocycles. The number of aromatic nitrogens is 3. The summed E-state index contributed by atoms with van der Waals surface area (Å²) < 4.78 is 6.39. The molecule has 0 saturated carbocycles. The van der Waals surface area contributed by atoms with Crippen molar-refractivity contribution in [3.05, 3.63) is 200 Å². The Morgan fingerprint density at radius 1 is 0.288 bits per heavy atom. The Balaban J connectivity index is 1.01. The van der Waals surface area contributed by atoms with Crippen molar-refractivity contribution in [1.82, 2.24) is 15.0 Å². The second-order valence-electron chi connectivity index (χ2n) is 15.2. The van der Waals surface area contributed by atoms with Gasteiger partial charge in [0.15, 0.2) is 17.5 Å². The van der Waals surface area contributed by atoms with Crippen LogP contribution < -0.4 is 4.74 Å². The molecule has 4 heteroatoms. The minimum absolute atomic E-state index is 0.618. The van der Waals surface area contributed by atoms with Crippen LogP contribution in [0.2, 0.25) is 0 Å². The van der Waals surface area contributed by atoms with E-state index in [4.69, 9.17) is 19.7 Å². The van der Waals surface area contributed by atoms with Gasteiger partial charge in [0.2, 0.25) is 0 Å². The van der Waals surface area contributed by atoms with Gasteiger partial charge in [0, 0.05) is 27.6 Å². The zero-order valence-electron chi connectivity index (χ0n) is 31.8. The Bertz CT molecular complexity index is 3440. The second kappa shape index (κ2) is 13.3. The molecule has 0 spiro atoms. The maximum absolute atomic E-state index is 6.39. The van der Waals surface area contributed by atoms with Gasteiger partial charge in [-0.3, -0.25) is 0 Å². The Morgan fingerprint density at radius 2 is 0.864 bits per heavy atom. The number of nitrogens with zero attached hydrogens (tertiary/aromatic N) is 3. The average molecular weight is 752 g/mol. The maximum Gasteiger partial charge on any atom is 0.165 e. The summed E-state index contributed by atoms with van der Waals surface area (Å²) in [5.41, 5.74) is 9.63. The second-order valence-corrected chi connectivity index (χ2v) is 15.2. The number of ether oxygens (including phenoxy) is 1. The highest BCUT2D eigenvalue weighted by Gasteiger charge is 2.21. The van der Waals surface area contributed by atoms with Gasteiger partial charge in [0.1, 0.15) is 11.5 Å². The molecule has 59 heavy (non-hydrogen) atoms. The van der Waals surface area contributed by atoms with Crippen LogP contribution in [0.4, 0.5) is 0 Å². The van der Waals surface area contributed by atoms with E-state index in [9.17, 15) is 0 Å². The number of fused-ring (bicyclic) bond motifs is 6. The molecule has 2 heterocycles. The first-order valence-electron chi connectivity index (χ1n) is 19.9. The van der Waals surface area contributed by atoms with Gasteiger partial charge < -0.3 is 4.74 Å². The molecule has 10 aromatic carbocycles. The summed E-state index contributed by atoms with van der Waals surface area (Å²) in [6.07, 6.45) is 0. The Morgan fingerprint density at radius 3 is 1.63 bits per heavy atom. The quantitative estimate of drug-likeness (QED) is 0.130. The van der Waals surface area contributed by atoms with Crippen molar-refractivity contribution in [2.75, 3.05) is 0 Å². The molecule has 0 amide bonds. The lowest BCUT2D eigenvalue weighted by Crippen LogP contribution is -2.01. The fourth-order valence-corrected chi connectivity index (χ4v) is 8.80. The van der Waals surface area contributed by atoms with Crippen molar-refractivity contribution in [2.45, 2.75) is 0 Å². The summed E-state index contributed by atoms with van der Waals surface area (Å²) in [6, 6.07) is 70.5. The Kier molecular flexibility index (Phi) is 7.50. The first kappa shape index (κ1) is 33.2. The van der Waals surface area contributed by atoms with Crippen molar-refractivity contribution in [3.63, 3.8) is 0 Å². The molecule has 1 aliphatic rings. The predicted molar refractivity (Wildman–Crippen MR) is 243 cm³/mol. The topological polar surface area (TPSA) is 47.9 Å². The smallest absolute Gasteiger partial charge is 0.165 e. The van der Waals surface area contributed by atoms with Crippen LogP contribution in [0.3, 0.4) is 0 Å². The molecule has 0 N–H and O–H groups in total. The molecule has 0 aliphatic carbocycles. The van der Waals surface area contributed by atoms with E-state index in [1.54, 1.807) is 0 Å². The van der Waals surface area contributed by atoms with Crippen LogP contribution >= 0.6 is 0 Å². The molecule has 0 atom stereocenters. The van der Waals surface area contributed by atoms with Crippen molar-refractivity contribution >= 4 is 43.1 Å². The van der Waals surface area contributed by atoms with E-state index in [2.05, 4.69) is 188 Å². The largest absolute Gasteiger partial charge is 0.456 e. The van der Waals surface area contributed by atoms with E-state index in [0.29, 0.717) is 17.5 Å². The number of hydrogen-bond donors (Lipinski definition) is 0. The fourth-order valence-electron chi connectivity index (χ4n) is 8.80. The van der Waals surface area contributed by atoms with Gasteiger partial charge in [-0.2, -0.15) is 0 Å². The standard InChI is InChI=1S/C55H33N3O/c1-2-10-34(11-3-1)35-20-24-39(25-21-35)53-56-54(58-55(57-53)52-44-17-7-5-13-42(44)33-47-43-16-6-4-12-37(43)28-30-46(47)52)40-26-22-36(23-27-40)41-29-31-49-48(32-41)45-18-8-14-38-15-9-19-50(59-49)51(38)45/h1-33H. The van der Waals surface area contributed by atoms with Gasteiger partial charge in [-0.25, -0.2) is 15.0 Å². The maximum atomic E-state index is 6.39. The highest BCUT2D eigenvalue weighted by Crippen LogP contribution is 2.47. The predicted octanol–water partition coefficient (Wildman–Crippen LogP) is 14.6. The van der Waals surface area contributed by atoms with Crippen LogP contribution in [0.1, 0.15) is 0 Å². The molecule has 0 unspecified atom stereocenters. The van der Waals surface area contributed by atoms with Crippen LogP contribution in [-0.4, -0.2) is 15.0 Å². The Hall–Kier alpha value is -7.95. The monoisotopic (exact) mass is 751 g/mol. The van der Waals surface area contributed by atoms with Crippen molar-refractivity contribution in [3.8, 4) is 79.0 Å². The summed E-state index contributed by atoms with van der Waals surface area (Å²) in [6.45, 7) is 0. The lowest BCUT2D eigenvalue weighted by molar-refractivity contribution is 0.487. The molecule has 274 valence electrons. The first-order chi connectivity index (χ1) is 29.2. The third-order valence-corrected chi connectivity index (χ3v) is 11.7. The van der Waals surface area contributed by atoms with Crippen LogP contribution in [0, 0.1) is 0 Å². The van der Waals surface area contributed by atoms with E-state index in [1.807, 2.05) is 12.1 Å². The lowest BCUT2D eigenvalue weighted by Gasteiger charge is -2.22. The summed E-state index contributed by atoms with van der Waals surface area (Å²) >= 11 is 0. The summed E-state index contributed by atoms with van der Waals surface area (Å²) in [5, 5.41) is 9.25.